The Morgan fingerprint density at radius 3 is 2.50 bits per heavy atom. The molecule has 0 aliphatic rings. The highest BCUT2D eigenvalue weighted by Crippen LogP contribution is 2.17. The summed E-state index contributed by atoms with van der Waals surface area (Å²) in [7, 11) is 1.27. The van der Waals surface area contributed by atoms with Crippen LogP contribution in [0.1, 0.15) is 26.4 Å². The third-order valence-electron chi connectivity index (χ3n) is 4.02. The lowest BCUT2D eigenvalue weighted by Gasteiger charge is -2.10. The predicted octanol–water partition coefficient (Wildman–Crippen LogP) is 3.87. The molecular formula is C21H18FN3O3. The van der Waals surface area contributed by atoms with Crippen LogP contribution in [-0.2, 0) is 11.3 Å². The van der Waals surface area contributed by atoms with Crippen molar-refractivity contribution in [1.82, 2.24) is 4.98 Å². The first-order valence-electron chi connectivity index (χ1n) is 8.50. The molecule has 2 N–H and O–H groups in total. The third-order valence-corrected chi connectivity index (χ3v) is 4.02. The smallest absolute Gasteiger partial charge is 0.339 e. The van der Waals surface area contributed by atoms with Crippen LogP contribution >= 0.6 is 0 Å². The Morgan fingerprint density at radius 1 is 1.04 bits per heavy atom. The summed E-state index contributed by atoms with van der Waals surface area (Å²) in [6.45, 7) is 0.298. The summed E-state index contributed by atoms with van der Waals surface area (Å²) in [6.07, 6.45) is 1.49. The van der Waals surface area contributed by atoms with E-state index in [9.17, 15) is 14.0 Å². The van der Waals surface area contributed by atoms with Gasteiger partial charge in [-0.2, -0.15) is 0 Å². The number of hydrogen-bond donors (Lipinski definition) is 2. The van der Waals surface area contributed by atoms with Crippen LogP contribution in [0.15, 0.2) is 66.9 Å². The van der Waals surface area contributed by atoms with Gasteiger partial charge in [-0.25, -0.2) is 14.2 Å². The lowest BCUT2D eigenvalue weighted by molar-refractivity contribution is 0.0602. The van der Waals surface area contributed by atoms with Gasteiger partial charge in [-0.05, 0) is 30.3 Å². The van der Waals surface area contributed by atoms with E-state index in [-0.39, 0.29) is 17.1 Å². The van der Waals surface area contributed by atoms with Crippen molar-refractivity contribution >= 4 is 23.3 Å². The molecule has 2 aromatic carbocycles. The monoisotopic (exact) mass is 379 g/mol. The summed E-state index contributed by atoms with van der Waals surface area (Å²) < 4.78 is 18.4. The maximum atomic E-state index is 13.6. The van der Waals surface area contributed by atoms with Gasteiger partial charge in [0.15, 0.2) is 0 Å². The molecule has 1 heterocycles. The van der Waals surface area contributed by atoms with Crippen molar-refractivity contribution in [2.45, 2.75) is 6.54 Å². The number of benzene rings is 2. The number of nitrogens with one attached hydrogen (secondary N) is 2. The highest BCUT2D eigenvalue weighted by molar-refractivity contribution is 6.07. The predicted molar refractivity (Wildman–Crippen MR) is 104 cm³/mol. The zero-order valence-corrected chi connectivity index (χ0v) is 15.1. The molecule has 0 radical (unpaired) electrons. The summed E-state index contributed by atoms with van der Waals surface area (Å²) in [5.41, 5.74) is 1.94. The number of esters is 1. The van der Waals surface area contributed by atoms with E-state index in [0.29, 0.717) is 23.5 Å². The Hall–Kier alpha value is -3.74. The normalized spacial score (nSPS) is 10.2. The first-order valence-corrected chi connectivity index (χ1v) is 8.50. The SMILES string of the molecule is COC(=O)c1ccccc1NC(=O)c1ccc(NCc2ccccc2F)cn1. The number of carbonyl (C=O) groups excluding carboxylic acids is 2. The standard InChI is InChI=1S/C21H18FN3O3/c1-28-21(27)16-7-3-5-9-18(16)25-20(26)19-11-10-15(13-24-19)23-12-14-6-2-4-8-17(14)22/h2-11,13,23H,12H2,1H3,(H,25,26). The van der Waals surface area contributed by atoms with Crippen LogP contribution in [0.5, 0.6) is 0 Å². The summed E-state index contributed by atoms with van der Waals surface area (Å²) in [5, 5.41) is 5.71. The van der Waals surface area contributed by atoms with Crippen molar-refractivity contribution in [3.05, 3.63) is 89.5 Å². The molecule has 0 unspecified atom stereocenters. The van der Waals surface area contributed by atoms with Gasteiger partial charge in [-0.15, -0.1) is 0 Å². The van der Waals surface area contributed by atoms with Gasteiger partial charge in [0, 0.05) is 12.1 Å². The molecule has 0 atom stereocenters. The minimum Gasteiger partial charge on any atom is -0.465 e. The average Bonchev–Trinajstić information content (AvgIpc) is 2.73. The first-order chi connectivity index (χ1) is 13.6. The number of amides is 1. The third kappa shape index (κ3) is 4.50. The zero-order chi connectivity index (χ0) is 19.9. The Bertz CT molecular complexity index is 990. The van der Waals surface area contributed by atoms with Crippen molar-refractivity contribution in [3.63, 3.8) is 0 Å². The van der Waals surface area contributed by atoms with E-state index < -0.39 is 11.9 Å². The molecule has 3 rings (SSSR count). The molecule has 6 nitrogen and oxygen atoms in total. The maximum absolute atomic E-state index is 13.6. The summed E-state index contributed by atoms with van der Waals surface area (Å²) in [5.74, 6) is -1.29. The fourth-order valence-corrected chi connectivity index (χ4v) is 2.54. The van der Waals surface area contributed by atoms with E-state index in [0.717, 1.165) is 0 Å². The van der Waals surface area contributed by atoms with Crippen LogP contribution in [0.3, 0.4) is 0 Å². The van der Waals surface area contributed by atoms with Crippen molar-refractivity contribution in [3.8, 4) is 0 Å². The topological polar surface area (TPSA) is 80.3 Å². The molecule has 0 saturated carbocycles. The minimum atomic E-state index is -0.545. The van der Waals surface area contributed by atoms with E-state index in [2.05, 4.69) is 15.6 Å². The molecule has 0 fully saturated rings. The van der Waals surface area contributed by atoms with Crippen LogP contribution in [-0.4, -0.2) is 24.0 Å². The van der Waals surface area contributed by atoms with Crippen LogP contribution in [0.25, 0.3) is 0 Å². The van der Waals surface area contributed by atoms with E-state index in [1.165, 1.54) is 19.4 Å². The molecule has 0 saturated heterocycles. The van der Waals surface area contributed by atoms with Crippen molar-refractivity contribution in [1.29, 1.82) is 0 Å². The number of methoxy groups -OCH3 is 1. The number of hydrogen-bond acceptors (Lipinski definition) is 5. The van der Waals surface area contributed by atoms with Crippen LogP contribution in [0, 0.1) is 5.82 Å². The van der Waals surface area contributed by atoms with Crippen molar-refractivity contribution in [2.24, 2.45) is 0 Å². The molecule has 0 spiro atoms. The first kappa shape index (κ1) is 19.0. The molecule has 0 aliphatic heterocycles. The summed E-state index contributed by atoms with van der Waals surface area (Å²) in [4.78, 5) is 28.3. The number of aromatic nitrogens is 1. The fourth-order valence-electron chi connectivity index (χ4n) is 2.54. The molecule has 1 aromatic heterocycles. The van der Waals surface area contributed by atoms with Gasteiger partial charge >= 0.3 is 5.97 Å². The second-order valence-electron chi connectivity index (χ2n) is 5.87. The van der Waals surface area contributed by atoms with Crippen molar-refractivity contribution < 1.29 is 18.7 Å². The number of halogens is 1. The van der Waals surface area contributed by atoms with Crippen molar-refractivity contribution in [2.75, 3.05) is 17.7 Å². The number of rotatable bonds is 6. The number of ether oxygens (including phenoxy) is 1. The highest BCUT2D eigenvalue weighted by Gasteiger charge is 2.15. The summed E-state index contributed by atoms with van der Waals surface area (Å²) in [6, 6.07) is 16.2. The zero-order valence-electron chi connectivity index (χ0n) is 15.1. The average molecular weight is 379 g/mol. The summed E-state index contributed by atoms with van der Waals surface area (Å²) >= 11 is 0. The Morgan fingerprint density at radius 2 is 1.79 bits per heavy atom. The molecular weight excluding hydrogens is 361 g/mol. The molecule has 142 valence electrons. The molecule has 7 heteroatoms. The lowest BCUT2D eigenvalue weighted by Crippen LogP contribution is -2.16. The van der Waals surface area contributed by atoms with Crippen LogP contribution in [0.4, 0.5) is 15.8 Å². The quantitative estimate of drug-likeness (QED) is 0.636. The van der Waals surface area contributed by atoms with E-state index in [1.807, 2.05) is 0 Å². The van der Waals surface area contributed by atoms with Crippen LogP contribution < -0.4 is 10.6 Å². The minimum absolute atomic E-state index is 0.177. The van der Waals surface area contributed by atoms with Gasteiger partial charge in [-0.1, -0.05) is 30.3 Å². The van der Waals surface area contributed by atoms with Gasteiger partial charge in [0.2, 0.25) is 0 Å². The largest absolute Gasteiger partial charge is 0.465 e. The number of para-hydroxylation sites is 1. The second-order valence-corrected chi connectivity index (χ2v) is 5.87. The Labute approximate surface area is 161 Å². The molecule has 3 aromatic rings. The second kappa shape index (κ2) is 8.77. The number of pyridine rings is 1. The number of anilines is 2. The highest BCUT2D eigenvalue weighted by atomic mass is 19.1. The molecule has 1 amide bonds. The van der Waals surface area contributed by atoms with Crippen LogP contribution in [0.2, 0.25) is 0 Å². The van der Waals surface area contributed by atoms with Gasteiger partial charge in [0.25, 0.3) is 5.91 Å². The van der Waals surface area contributed by atoms with Gasteiger partial charge < -0.3 is 15.4 Å². The lowest BCUT2D eigenvalue weighted by atomic mass is 10.1. The van der Waals surface area contributed by atoms with Gasteiger partial charge in [0.05, 0.1) is 30.2 Å². The van der Waals surface area contributed by atoms with Gasteiger partial charge in [-0.3, -0.25) is 4.79 Å². The maximum Gasteiger partial charge on any atom is 0.339 e. The van der Waals surface area contributed by atoms with E-state index >= 15 is 0 Å². The fraction of sp³-hybridized carbons (Fsp3) is 0.0952. The number of nitrogens with zero attached hydrogens (tertiary/aromatic N) is 1. The van der Waals surface area contributed by atoms with E-state index in [4.69, 9.17) is 4.74 Å². The Balaban J connectivity index is 1.66. The molecule has 0 bridgehead atoms. The number of carbonyl (C=O) groups is 2. The molecule has 28 heavy (non-hydrogen) atoms. The van der Waals surface area contributed by atoms with Gasteiger partial charge in [0.1, 0.15) is 11.5 Å². The molecule has 0 aliphatic carbocycles. The Kier molecular flexibility index (Phi) is 5.96. The van der Waals surface area contributed by atoms with E-state index in [1.54, 1.807) is 54.6 Å².